The van der Waals surface area contributed by atoms with E-state index in [-0.39, 0.29) is 12.0 Å². The number of pyridine rings is 1. The van der Waals surface area contributed by atoms with Crippen molar-refractivity contribution >= 4 is 11.7 Å². The third-order valence-electron chi connectivity index (χ3n) is 4.25. The smallest absolute Gasteiger partial charge is 0.256 e. The second-order valence-electron chi connectivity index (χ2n) is 6.01. The summed E-state index contributed by atoms with van der Waals surface area (Å²) >= 11 is 0. The predicted octanol–water partition coefficient (Wildman–Crippen LogP) is 2.66. The van der Waals surface area contributed by atoms with E-state index in [1.165, 1.54) is 0 Å². The summed E-state index contributed by atoms with van der Waals surface area (Å²) in [5.74, 6) is 2.03. The maximum atomic E-state index is 12.4. The number of benzene rings is 1. The van der Waals surface area contributed by atoms with Gasteiger partial charge < -0.3 is 20.1 Å². The monoisotopic (exact) mass is 325 g/mol. The van der Waals surface area contributed by atoms with E-state index in [0.717, 1.165) is 29.0 Å². The standard InChI is InChI=1S/C18H19N3O3/c1-3-23-15-8-11-7-10(2)24-14(11)9-13(15)17-20-16-12(18(22)21-17)5-4-6-19-16/h4-6,8-10,17H,3,7H2,1-2H3,(H,19,20)(H,21,22). The van der Waals surface area contributed by atoms with Gasteiger partial charge >= 0.3 is 0 Å². The highest BCUT2D eigenvalue weighted by molar-refractivity contribution is 6.00. The molecule has 1 aromatic carbocycles. The molecule has 0 saturated heterocycles. The lowest BCUT2D eigenvalue weighted by Gasteiger charge is -2.28. The molecule has 6 heteroatoms. The fourth-order valence-electron chi connectivity index (χ4n) is 3.20. The minimum absolute atomic E-state index is 0.154. The van der Waals surface area contributed by atoms with Gasteiger partial charge in [-0.15, -0.1) is 0 Å². The zero-order valence-corrected chi connectivity index (χ0v) is 13.6. The number of hydrogen-bond acceptors (Lipinski definition) is 5. The number of carbonyl (C=O) groups is 1. The van der Waals surface area contributed by atoms with Gasteiger partial charge in [-0.05, 0) is 38.1 Å². The fourth-order valence-corrected chi connectivity index (χ4v) is 3.20. The van der Waals surface area contributed by atoms with Crippen molar-refractivity contribution in [3.8, 4) is 11.5 Å². The van der Waals surface area contributed by atoms with Crippen LogP contribution in [0.3, 0.4) is 0 Å². The van der Waals surface area contributed by atoms with Crippen LogP contribution in [0.1, 0.15) is 41.5 Å². The van der Waals surface area contributed by atoms with Gasteiger partial charge in [0.2, 0.25) is 0 Å². The average molecular weight is 325 g/mol. The Hall–Kier alpha value is -2.76. The SMILES string of the molecule is CCOc1cc2c(cc1C1NC(=O)c3cccnc3N1)OC(C)C2. The Kier molecular flexibility index (Phi) is 3.52. The lowest BCUT2D eigenvalue weighted by Crippen LogP contribution is -2.39. The molecule has 2 N–H and O–H groups in total. The van der Waals surface area contributed by atoms with E-state index in [1.807, 2.05) is 26.0 Å². The second kappa shape index (κ2) is 5.70. The number of ether oxygens (including phenoxy) is 2. The van der Waals surface area contributed by atoms with E-state index in [2.05, 4.69) is 15.6 Å². The molecule has 4 rings (SSSR count). The largest absolute Gasteiger partial charge is 0.493 e. The van der Waals surface area contributed by atoms with Crippen LogP contribution in [0, 0.1) is 0 Å². The third kappa shape index (κ3) is 2.44. The first-order chi connectivity index (χ1) is 11.7. The number of anilines is 1. The Morgan fingerprint density at radius 3 is 3.08 bits per heavy atom. The van der Waals surface area contributed by atoms with Gasteiger partial charge in [0.1, 0.15) is 29.6 Å². The number of fused-ring (bicyclic) bond motifs is 2. The molecule has 0 spiro atoms. The topological polar surface area (TPSA) is 72.5 Å². The highest BCUT2D eigenvalue weighted by atomic mass is 16.5. The van der Waals surface area contributed by atoms with Crippen LogP contribution in [0.2, 0.25) is 0 Å². The van der Waals surface area contributed by atoms with Crippen LogP contribution in [-0.4, -0.2) is 23.6 Å². The summed E-state index contributed by atoms with van der Waals surface area (Å²) in [5, 5.41) is 6.23. The molecule has 2 atom stereocenters. The fraction of sp³-hybridized carbons (Fsp3) is 0.333. The van der Waals surface area contributed by atoms with Gasteiger partial charge in [0.25, 0.3) is 5.91 Å². The zero-order valence-electron chi connectivity index (χ0n) is 13.6. The van der Waals surface area contributed by atoms with Crippen molar-refractivity contribution < 1.29 is 14.3 Å². The van der Waals surface area contributed by atoms with Crippen LogP contribution in [-0.2, 0) is 6.42 Å². The number of amides is 1. The van der Waals surface area contributed by atoms with Gasteiger partial charge in [-0.3, -0.25) is 4.79 Å². The van der Waals surface area contributed by atoms with Crippen molar-refractivity contribution in [2.75, 3.05) is 11.9 Å². The van der Waals surface area contributed by atoms with Gasteiger partial charge in [-0.25, -0.2) is 4.98 Å². The Labute approximate surface area is 140 Å². The molecule has 0 bridgehead atoms. The van der Waals surface area contributed by atoms with Crippen LogP contribution in [0.4, 0.5) is 5.82 Å². The summed E-state index contributed by atoms with van der Waals surface area (Å²) in [6, 6.07) is 7.46. The summed E-state index contributed by atoms with van der Waals surface area (Å²) < 4.78 is 11.7. The highest BCUT2D eigenvalue weighted by Gasteiger charge is 2.30. The van der Waals surface area contributed by atoms with Gasteiger partial charge in [0, 0.05) is 23.7 Å². The van der Waals surface area contributed by atoms with Crippen molar-refractivity contribution in [2.24, 2.45) is 0 Å². The first-order valence-electron chi connectivity index (χ1n) is 8.14. The maximum absolute atomic E-state index is 12.4. The lowest BCUT2D eigenvalue weighted by molar-refractivity contribution is 0.0934. The molecule has 0 aliphatic carbocycles. The minimum Gasteiger partial charge on any atom is -0.493 e. The molecule has 3 heterocycles. The number of nitrogens with zero attached hydrogens (tertiary/aromatic N) is 1. The molecule has 0 fully saturated rings. The molecular weight excluding hydrogens is 306 g/mol. The van der Waals surface area contributed by atoms with Crippen molar-refractivity contribution in [3.05, 3.63) is 47.2 Å². The number of hydrogen-bond donors (Lipinski definition) is 2. The van der Waals surface area contributed by atoms with Crippen LogP contribution < -0.4 is 20.1 Å². The van der Waals surface area contributed by atoms with Gasteiger partial charge in [0.05, 0.1) is 12.2 Å². The maximum Gasteiger partial charge on any atom is 0.256 e. The molecule has 24 heavy (non-hydrogen) atoms. The van der Waals surface area contributed by atoms with E-state index in [0.29, 0.717) is 18.0 Å². The van der Waals surface area contributed by atoms with Crippen LogP contribution >= 0.6 is 0 Å². The highest BCUT2D eigenvalue weighted by Crippen LogP contribution is 2.39. The zero-order chi connectivity index (χ0) is 16.7. The quantitative estimate of drug-likeness (QED) is 0.908. The van der Waals surface area contributed by atoms with Gasteiger partial charge in [-0.2, -0.15) is 0 Å². The van der Waals surface area contributed by atoms with E-state index in [1.54, 1.807) is 18.3 Å². The lowest BCUT2D eigenvalue weighted by atomic mass is 10.0. The molecule has 2 aliphatic rings. The molecule has 2 unspecified atom stereocenters. The van der Waals surface area contributed by atoms with Gasteiger partial charge in [0.15, 0.2) is 0 Å². The molecule has 1 amide bonds. The molecule has 0 radical (unpaired) electrons. The Morgan fingerprint density at radius 1 is 1.38 bits per heavy atom. The Morgan fingerprint density at radius 2 is 2.25 bits per heavy atom. The van der Waals surface area contributed by atoms with E-state index in [9.17, 15) is 4.79 Å². The number of rotatable bonds is 3. The van der Waals surface area contributed by atoms with Crippen molar-refractivity contribution in [1.82, 2.24) is 10.3 Å². The number of carbonyl (C=O) groups excluding carboxylic acids is 1. The van der Waals surface area contributed by atoms with E-state index >= 15 is 0 Å². The van der Waals surface area contributed by atoms with Crippen molar-refractivity contribution in [2.45, 2.75) is 32.5 Å². The van der Waals surface area contributed by atoms with Crippen molar-refractivity contribution in [3.63, 3.8) is 0 Å². The Balaban J connectivity index is 1.74. The summed E-state index contributed by atoms with van der Waals surface area (Å²) in [7, 11) is 0. The number of nitrogens with one attached hydrogen (secondary N) is 2. The average Bonchev–Trinajstić information content (AvgIpc) is 2.93. The van der Waals surface area contributed by atoms with E-state index < -0.39 is 6.17 Å². The molecule has 1 aromatic heterocycles. The Bertz CT molecular complexity index is 806. The summed E-state index contributed by atoms with van der Waals surface area (Å²) in [5.41, 5.74) is 2.52. The van der Waals surface area contributed by atoms with Crippen molar-refractivity contribution in [1.29, 1.82) is 0 Å². The van der Waals surface area contributed by atoms with Crippen LogP contribution in [0.5, 0.6) is 11.5 Å². The normalized spacial score (nSPS) is 21.2. The minimum atomic E-state index is -0.411. The summed E-state index contributed by atoms with van der Waals surface area (Å²) in [6.07, 6.45) is 2.27. The van der Waals surface area contributed by atoms with Crippen LogP contribution in [0.25, 0.3) is 0 Å². The predicted molar refractivity (Wildman–Crippen MR) is 89.5 cm³/mol. The molecule has 2 aromatic rings. The summed E-state index contributed by atoms with van der Waals surface area (Å²) in [4.78, 5) is 16.6. The molecule has 124 valence electrons. The molecule has 2 aliphatic heterocycles. The van der Waals surface area contributed by atoms with Gasteiger partial charge in [-0.1, -0.05) is 0 Å². The first-order valence-corrected chi connectivity index (χ1v) is 8.14. The molecular formula is C18H19N3O3. The molecule has 6 nitrogen and oxygen atoms in total. The number of aromatic nitrogens is 1. The molecule has 0 saturated carbocycles. The summed E-state index contributed by atoms with van der Waals surface area (Å²) in [6.45, 7) is 4.54. The van der Waals surface area contributed by atoms with Crippen LogP contribution in [0.15, 0.2) is 30.5 Å². The second-order valence-corrected chi connectivity index (χ2v) is 6.01. The van der Waals surface area contributed by atoms with E-state index in [4.69, 9.17) is 9.47 Å². The third-order valence-corrected chi connectivity index (χ3v) is 4.25. The first kappa shape index (κ1) is 14.8.